The quantitative estimate of drug-likeness (QED) is 0.472. The van der Waals surface area contributed by atoms with E-state index < -0.39 is 0 Å². The highest BCUT2D eigenvalue weighted by atomic mass is 16.3. The van der Waals surface area contributed by atoms with Gasteiger partial charge in [0, 0.05) is 10.8 Å². The Bertz CT molecular complexity index is 964. The van der Waals surface area contributed by atoms with Gasteiger partial charge in [-0.25, -0.2) is 0 Å². The molecule has 0 bridgehead atoms. The van der Waals surface area contributed by atoms with Gasteiger partial charge < -0.3 is 10.2 Å². The van der Waals surface area contributed by atoms with E-state index in [1.165, 1.54) is 22.3 Å². The lowest BCUT2D eigenvalue weighted by Gasteiger charge is -2.31. The molecule has 0 heterocycles. The minimum absolute atomic E-state index is 0.187. The van der Waals surface area contributed by atoms with Gasteiger partial charge in [-0.1, -0.05) is 90.1 Å². The fourth-order valence-corrected chi connectivity index (χ4v) is 4.14. The van der Waals surface area contributed by atoms with Crippen LogP contribution in [0.5, 0.6) is 11.5 Å². The smallest absolute Gasteiger partial charge is 0.118 e. The molecule has 0 aromatic heterocycles. The second-order valence-electron chi connectivity index (χ2n) is 9.22. The molecule has 0 saturated carbocycles. The molecule has 0 unspecified atom stereocenters. The van der Waals surface area contributed by atoms with E-state index in [-0.39, 0.29) is 10.8 Å². The number of rotatable bonds is 6. The maximum atomic E-state index is 10.1. The summed E-state index contributed by atoms with van der Waals surface area (Å²) in [5.41, 5.74) is 6.47. The lowest BCUT2D eigenvalue weighted by molar-refractivity contribution is 0.467. The number of phenols is 2. The molecule has 0 aliphatic heterocycles. The Morgan fingerprint density at radius 1 is 0.567 bits per heavy atom. The highest BCUT2D eigenvalue weighted by Crippen LogP contribution is 2.38. The summed E-state index contributed by atoms with van der Waals surface area (Å²) in [4.78, 5) is 0. The van der Waals surface area contributed by atoms with Crippen molar-refractivity contribution in [2.24, 2.45) is 0 Å². The van der Waals surface area contributed by atoms with Crippen LogP contribution in [0.4, 0.5) is 0 Å². The zero-order chi connectivity index (χ0) is 22.1. The Balaban J connectivity index is 2.05. The minimum Gasteiger partial charge on any atom is -0.508 e. The second-order valence-corrected chi connectivity index (χ2v) is 9.22. The molecule has 30 heavy (non-hydrogen) atoms. The topological polar surface area (TPSA) is 40.5 Å². The molecule has 0 aliphatic rings. The predicted octanol–water partition coefficient (Wildman–Crippen LogP) is 6.87. The molecule has 3 aromatic carbocycles. The number of hydrogen-bond acceptors (Lipinski definition) is 2. The van der Waals surface area contributed by atoms with Gasteiger partial charge in [0.2, 0.25) is 0 Å². The lowest BCUT2D eigenvalue weighted by atomic mass is 9.73. The molecule has 3 rings (SSSR count). The normalized spacial score (nSPS) is 12.2. The molecular weight excluding hydrogens is 368 g/mol. The zero-order valence-electron chi connectivity index (χ0n) is 19.1. The van der Waals surface area contributed by atoms with Gasteiger partial charge >= 0.3 is 0 Å². The zero-order valence-corrected chi connectivity index (χ0v) is 19.1. The molecule has 0 saturated heterocycles. The van der Waals surface area contributed by atoms with E-state index in [4.69, 9.17) is 0 Å². The van der Waals surface area contributed by atoms with E-state index >= 15 is 0 Å². The summed E-state index contributed by atoms with van der Waals surface area (Å²) in [5.74, 6) is 0.733. The van der Waals surface area contributed by atoms with Crippen molar-refractivity contribution in [1.29, 1.82) is 0 Å². The van der Waals surface area contributed by atoms with Crippen molar-refractivity contribution in [1.82, 2.24) is 0 Å². The summed E-state index contributed by atoms with van der Waals surface area (Å²) in [6, 6.07) is 20.7. The Labute approximate surface area is 181 Å². The van der Waals surface area contributed by atoms with Crippen LogP contribution in [-0.4, -0.2) is 10.2 Å². The first kappa shape index (κ1) is 22.0. The number of phenolic OH excluding ortho intramolecular Hbond substituents is 2. The highest BCUT2D eigenvalue weighted by molar-refractivity contribution is 5.48. The molecular formula is C28H34O2. The van der Waals surface area contributed by atoms with Crippen LogP contribution in [0.3, 0.4) is 0 Å². The molecule has 0 radical (unpaired) electrons. The number of aryl methyl sites for hydroxylation is 2. The molecule has 3 aromatic rings. The van der Waals surface area contributed by atoms with Gasteiger partial charge in [0.1, 0.15) is 11.5 Å². The van der Waals surface area contributed by atoms with E-state index in [1.807, 2.05) is 24.3 Å². The van der Waals surface area contributed by atoms with Crippen molar-refractivity contribution in [3.8, 4) is 11.5 Å². The molecule has 0 amide bonds. The third-order valence-corrected chi connectivity index (χ3v) is 6.67. The van der Waals surface area contributed by atoms with E-state index in [1.54, 1.807) is 0 Å². The monoisotopic (exact) mass is 402 g/mol. The van der Waals surface area contributed by atoms with Crippen LogP contribution >= 0.6 is 0 Å². The standard InChI is InChI=1S/C28H34O2/c1-7-19-16-23(12-14-25(19)29)27(3,4)21-10-9-11-22(18-21)28(5,6)24-13-15-26(30)20(8-2)17-24/h9-18,29-30H,7-8H2,1-6H3. The molecule has 0 atom stereocenters. The maximum absolute atomic E-state index is 10.1. The molecule has 2 heteroatoms. The van der Waals surface area contributed by atoms with E-state index in [0.29, 0.717) is 11.5 Å². The number of hydrogen-bond donors (Lipinski definition) is 2. The van der Waals surface area contributed by atoms with Crippen molar-refractivity contribution in [2.75, 3.05) is 0 Å². The first-order chi connectivity index (χ1) is 14.1. The first-order valence-corrected chi connectivity index (χ1v) is 10.9. The van der Waals surface area contributed by atoms with Crippen molar-refractivity contribution < 1.29 is 10.2 Å². The largest absolute Gasteiger partial charge is 0.508 e. The first-order valence-electron chi connectivity index (χ1n) is 10.9. The SMILES string of the molecule is CCc1cc(C(C)(C)c2cccc(C(C)(C)c3ccc(O)c(CC)c3)c2)ccc1O. The Morgan fingerprint density at radius 3 is 1.30 bits per heavy atom. The van der Waals surface area contributed by atoms with E-state index in [0.717, 1.165) is 24.0 Å². The fraction of sp³-hybridized carbons (Fsp3) is 0.357. The highest BCUT2D eigenvalue weighted by Gasteiger charge is 2.28. The molecule has 2 nitrogen and oxygen atoms in total. The molecule has 2 N–H and O–H groups in total. The molecule has 0 fully saturated rings. The van der Waals surface area contributed by atoms with Gasteiger partial charge in [-0.05, 0) is 58.4 Å². The van der Waals surface area contributed by atoms with Crippen LogP contribution in [0.1, 0.15) is 74.9 Å². The van der Waals surface area contributed by atoms with Gasteiger partial charge in [-0.2, -0.15) is 0 Å². The fourth-order valence-electron chi connectivity index (χ4n) is 4.14. The predicted molar refractivity (Wildman–Crippen MR) is 126 cm³/mol. The molecule has 0 spiro atoms. The van der Waals surface area contributed by atoms with Crippen molar-refractivity contribution in [2.45, 2.75) is 65.2 Å². The summed E-state index contributed by atoms with van der Waals surface area (Å²) in [6.45, 7) is 13.1. The number of benzene rings is 3. The van der Waals surface area contributed by atoms with Gasteiger partial charge in [0.25, 0.3) is 0 Å². The van der Waals surface area contributed by atoms with Crippen LogP contribution in [-0.2, 0) is 23.7 Å². The molecule has 158 valence electrons. The Hall–Kier alpha value is -2.74. The summed E-state index contributed by atoms with van der Waals surface area (Å²) in [7, 11) is 0. The summed E-state index contributed by atoms with van der Waals surface area (Å²) in [5, 5.41) is 20.2. The van der Waals surface area contributed by atoms with Crippen LogP contribution in [0, 0.1) is 0 Å². The van der Waals surface area contributed by atoms with Crippen LogP contribution in [0.2, 0.25) is 0 Å². The van der Waals surface area contributed by atoms with Gasteiger partial charge in [-0.3, -0.25) is 0 Å². The Morgan fingerprint density at radius 2 is 0.933 bits per heavy atom. The van der Waals surface area contributed by atoms with E-state index in [2.05, 4.69) is 77.9 Å². The summed E-state index contributed by atoms with van der Waals surface area (Å²) >= 11 is 0. The maximum Gasteiger partial charge on any atom is 0.118 e. The average molecular weight is 403 g/mol. The third kappa shape index (κ3) is 3.96. The third-order valence-electron chi connectivity index (χ3n) is 6.67. The van der Waals surface area contributed by atoms with Crippen LogP contribution < -0.4 is 0 Å². The van der Waals surface area contributed by atoms with Crippen molar-refractivity contribution >= 4 is 0 Å². The summed E-state index contributed by atoms with van der Waals surface area (Å²) < 4.78 is 0. The van der Waals surface area contributed by atoms with Crippen LogP contribution in [0.25, 0.3) is 0 Å². The molecule has 0 aliphatic carbocycles. The second kappa shape index (κ2) is 8.18. The van der Waals surface area contributed by atoms with E-state index in [9.17, 15) is 10.2 Å². The lowest BCUT2D eigenvalue weighted by Crippen LogP contribution is -2.23. The van der Waals surface area contributed by atoms with Crippen molar-refractivity contribution in [3.05, 3.63) is 94.0 Å². The Kier molecular flexibility index (Phi) is 5.99. The average Bonchev–Trinajstić information content (AvgIpc) is 2.74. The minimum atomic E-state index is -0.187. The van der Waals surface area contributed by atoms with Crippen LogP contribution in [0.15, 0.2) is 60.7 Å². The van der Waals surface area contributed by atoms with Gasteiger partial charge in [0.15, 0.2) is 0 Å². The van der Waals surface area contributed by atoms with Crippen molar-refractivity contribution in [3.63, 3.8) is 0 Å². The summed E-state index contributed by atoms with van der Waals surface area (Å²) in [6.07, 6.45) is 1.62. The van der Waals surface area contributed by atoms with Gasteiger partial charge in [0.05, 0.1) is 0 Å². The van der Waals surface area contributed by atoms with Gasteiger partial charge in [-0.15, -0.1) is 0 Å². The number of aromatic hydroxyl groups is 2.